The van der Waals surface area contributed by atoms with Gasteiger partial charge in [-0.2, -0.15) is 0 Å². The molecule has 2 aliphatic heterocycles. The molecule has 2 aliphatic rings. The fourth-order valence-corrected chi connectivity index (χ4v) is 3.10. The number of hydrogen-bond acceptors (Lipinski definition) is 2. The lowest BCUT2D eigenvalue weighted by Gasteiger charge is -2.41. The van der Waals surface area contributed by atoms with Crippen LogP contribution in [0.5, 0.6) is 0 Å². The van der Waals surface area contributed by atoms with Gasteiger partial charge < -0.3 is 4.90 Å². The maximum atomic E-state index is 2.73. The summed E-state index contributed by atoms with van der Waals surface area (Å²) in [6, 6.07) is 0.832. The van der Waals surface area contributed by atoms with E-state index in [9.17, 15) is 0 Å². The zero-order valence-corrected chi connectivity index (χ0v) is 9.87. The Balaban J connectivity index is 2.04. The Bertz CT molecular complexity index is 193. The van der Waals surface area contributed by atoms with E-state index in [0.717, 1.165) is 17.9 Å². The molecule has 0 radical (unpaired) electrons. The van der Waals surface area contributed by atoms with Crippen LogP contribution in [0, 0.1) is 11.8 Å². The highest BCUT2D eigenvalue weighted by Gasteiger charge is 2.32. The quantitative estimate of drug-likeness (QED) is 0.581. The predicted octanol–water partition coefficient (Wildman–Crippen LogP) is 1.67. The zero-order chi connectivity index (χ0) is 10.1. The highest BCUT2D eigenvalue weighted by molar-refractivity contribution is 4.87. The van der Waals surface area contributed by atoms with Crippen LogP contribution >= 0.6 is 0 Å². The molecule has 14 heavy (non-hydrogen) atoms. The van der Waals surface area contributed by atoms with Gasteiger partial charge in [-0.15, -0.1) is 0 Å². The molecule has 0 saturated carbocycles. The van der Waals surface area contributed by atoms with Crippen molar-refractivity contribution in [3.8, 4) is 0 Å². The fourth-order valence-electron chi connectivity index (χ4n) is 3.10. The Morgan fingerprint density at radius 2 is 1.86 bits per heavy atom. The lowest BCUT2D eigenvalue weighted by molar-refractivity contribution is 0.0677. The van der Waals surface area contributed by atoms with Crippen molar-refractivity contribution < 1.29 is 0 Å². The number of likely N-dealkylation sites (N-methyl/N-ethyl adjacent to an activating group) is 1. The molecule has 0 amide bonds. The van der Waals surface area contributed by atoms with Crippen molar-refractivity contribution >= 4 is 0 Å². The van der Waals surface area contributed by atoms with E-state index in [1.165, 1.54) is 39.0 Å². The highest BCUT2D eigenvalue weighted by atomic mass is 15.3. The Morgan fingerprint density at radius 3 is 2.64 bits per heavy atom. The third-order valence-corrected chi connectivity index (χ3v) is 4.08. The van der Waals surface area contributed by atoms with Crippen LogP contribution in [0.15, 0.2) is 0 Å². The van der Waals surface area contributed by atoms with E-state index >= 15 is 0 Å². The second kappa shape index (κ2) is 4.19. The van der Waals surface area contributed by atoms with Crippen molar-refractivity contribution in [2.45, 2.75) is 32.7 Å². The summed E-state index contributed by atoms with van der Waals surface area (Å²) in [4.78, 5) is 5.22. The van der Waals surface area contributed by atoms with Crippen LogP contribution in [0.2, 0.25) is 0 Å². The molecule has 3 atom stereocenters. The van der Waals surface area contributed by atoms with E-state index in [1.807, 2.05) is 0 Å². The van der Waals surface area contributed by atoms with Gasteiger partial charge in [0.25, 0.3) is 0 Å². The monoisotopic (exact) mass is 196 g/mol. The van der Waals surface area contributed by atoms with Gasteiger partial charge in [0.2, 0.25) is 0 Å². The van der Waals surface area contributed by atoms with Gasteiger partial charge in [-0.25, -0.2) is 0 Å². The van der Waals surface area contributed by atoms with Crippen molar-refractivity contribution in [3.63, 3.8) is 0 Å². The highest BCUT2D eigenvalue weighted by Crippen LogP contribution is 2.28. The lowest BCUT2D eigenvalue weighted by Crippen LogP contribution is -2.53. The molecule has 0 bridgehead atoms. The third-order valence-electron chi connectivity index (χ3n) is 4.08. The van der Waals surface area contributed by atoms with E-state index in [1.54, 1.807) is 0 Å². The second-order valence-electron chi connectivity index (χ2n) is 5.47. The first-order valence-electron chi connectivity index (χ1n) is 6.09. The van der Waals surface area contributed by atoms with Crippen LogP contribution in [-0.2, 0) is 0 Å². The van der Waals surface area contributed by atoms with E-state index in [2.05, 4.69) is 30.7 Å². The van der Waals surface area contributed by atoms with Gasteiger partial charge in [-0.3, -0.25) is 4.90 Å². The van der Waals surface area contributed by atoms with Gasteiger partial charge in [0.1, 0.15) is 0 Å². The molecule has 2 nitrogen and oxygen atoms in total. The molecule has 2 fully saturated rings. The third kappa shape index (κ3) is 2.12. The van der Waals surface area contributed by atoms with Gasteiger partial charge >= 0.3 is 0 Å². The first-order chi connectivity index (χ1) is 6.66. The van der Waals surface area contributed by atoms with Crippen LogP contribution < -0.4 is 0 Å². The minimum absolute atomic E-state index is 0.832. The average molecular weight is 196 g/mol. The van der Waals surface area contributed by atoms with Crippen LogP contribution in [-0.4, -0.2) is 49.1 Å². The van der Waals surface area contributed by atoms with Crippen molar-refractivity contribution in [3.05, 3.63) is 0 Å². The summed E-state index contributed by atoms with van der Waals surface area (Å²) in [5.74, 6) is 1.82. The van der Waals surface area contributed by atoms with Crippen LogP contribution in [0.1, 0.15) is 26.7 Å². The first kappa shape index (κ1) is 10.4. The number of nitrogens with zero attached hydrogens (tertiary/aromatic N) is 2. The summed E-state index contributed by atoms with van der Waals surface area (Å²) in [6.45, 7) is 10.0. The molecule has 0 aromatic heterocycles. The van der Waals surface area contributed by atoms with E-state index in [-0.39, 0.29) is 0 Å². The Hall–Kier alpha value is -0.0800. The molecule has 3 unspecified atom stereocenters. The van der Waals surface area contributed by atoms with E-state index in [0.29, 0.717) is 0 Å². The summed E-state index contributed by atoms with van der Waals surface area (Å²) in [5, 5.41) is 0. The molecule has 2 heterocycles. The maximum Gasteiger partial charge on any atom is 0.0249 e. The van der Waals surface area contributed by atoms with Gasteiger partial charge in [-0.05, 0) is 38.3 Å². The van der Waals surface area contributed by atoms with Crippen LogP contribution in [0.3, 0.4) is 0 Å². The van der Waals surface area contributed by atoms with E-state index in [4.69, 9.17) is 0 Å². The largest absolute Gasteiger partial charge is 0.304 e. The van der Waals surface area contributed by atoms with Crippen molar-refractivity contribution in [2.24, 2.45) is 11.8 Å². The minimum atomic E-state index is 0.832. The maximum absolute atomic E-state index is 2.73. The first-order valence-corrected chi connectivity index (χ1v) is 6.09. The Labute approximate surface area is 88.3 Å². The van der Waals surface area contributed by atoms with Crippen LogP contribution in [0.4, 0.5) is 0 Å². The topological polar surface area (TPSA) is 6.48 Å². The average Bonchev–Trinajstić information content (AvgIpc) is 2.27. The summed E-state index contributed by atoms with van der Waals surface area (Å²) in [6.07, 6.45) is 2.83. The second-order valence-corrected chi connectivity index (χ2v) is 5.47. The molecule has 0 aliphatic carbocycles. The predicted molar refractivity (Wildman–Crippen MR) is 60.4 cm³/mol. The smallest absolute Gasteiger partial charge is 0.0249 e. The van der Waals surface area contributed by atoms with Crippen molar-refractivity contribution in [1.29, 1.82) is 0 Å². The van der Waals surface area contributed by atoms with Gasteiger partial charge in [0.05, 0.1) is 0 Å². The summed E-state index contributed by atoms with van der Waals surface area (Å²) < 4.78 is 0. The standard InChI is InChI=1S/C12H24N2/c1-10-4-5-14-7-6-13(3)9-12(14)11(2)8-10/h10-12H,4-9H2,1-3H3. The van der Waals surface area contributed by atoms with Crippen molar-refractivity contribution in [1.82, 2.24) is 9.80 Å². The summed E-state index contributed by atoms with van der Waals surface area (Å²) in [7, 11) is 2.26. The van der Waals surface area contributed by atoms with E-state index < -0.39 is 0 Å². The fraction of sp³-hybridized carbons (Fsp3) is 1.00. The zero-order valence-electron chi connectivity index (χ0n) is 9.87. The molecular formula is C12H24N2. The molecular weight excluding hydrogens is 172 g/mol. The summed E-state index contributed by atoms with van der Waals surface area (Å²) >= 11 is 0. The molecule has 2 saturated heterocycles. The molecule has 0 spiro atoms. The van der Waals surface area contributed by atoms with Gasteiger partial charge in [0, 0.05) is 25.7 Å². The number of fused-ring (bicyclic) bond motifs is 1. The normalized spacial score (nSPS) is 41.8. The summed E-state index contributed by atoms with van der Waals surface area (Å²) in [5.41, 5.74) is 0. The molecule has 0 N–H and O–H groups in total. The molecule has 2 rings (SSSR count). The SMILES string of the molecule is CC1CCN2CCN(C)CC2C(C)C1. The Kier molecular flexibility index (Phi) is 3.13. The Morgan fingerprint density at radius 1 is 1.07 bits per heavy atom. The minimum Gasteiger partial charge on any atom is -0.304 e. The van der Waals surface area contributed by atoms with Gasteiger partial charge in [-0.1, -0.05) is 13.8 Å². The number of hydrogen-bond donors (Lipinski definition) is 0. The molecule has 0 aromatic rings. The van der Waals surface area contributed by atoms with Crippen LogP contribution in [0.25, 0.3) is 0 Å². The molecule has 2 heteroatoms. The van der Waals surface area contributed by atoms with Crippen molar-refractivity contribution in [2.75, 3.05) is 33.2 Å². The lowest BCUT2D eigenvalue weighted by atomic mass is 9.91. The van der Waals surface area contributed by atoms with Gasteiger partial charge in [0.15, 0.2) is 0 Å². The molecule has 0 aromatic carbocycles. The number of rotatable bonds is 0. The number of piperazine rings is 1. The molecule has 82 valence electrons.